The normalized spacial score (nSPS) is 12.9. The summed E-state index contributed by atoms with van der Waals surface area (Å²) in [6.45, 7) is 4.72. The van der Waals surface area contributed by atoms with Crippen molar-refractivity contribution in [1.29, 1.82) is 0 Å². The van der Waals surface area contributed by atoms with E-state index >= 15 is 0 Å². The molecule has 1 aliphatic rings. The fourth-order valence-electron chi connectivity index (χ4n) is 9.86. The minimum absolute atomic E-state index is 0.239. The van der Waals surface area contributed by atoms with Crippen LogP contribution in [0.4, 0.5) is 0 Å². The third-order valence-electron chi connectivity index (χ3n) is 12.8. The smallest absolute Gasteiger partial charge is 0.0978 e. The first-order chi connectivity index (χ1) is 30.0. The largest absolute Gasteiger partial charge is 0.247 e. The van der Waals surface area contributed by atoms with Gasteiger partial charge in [0, 0.05) is 38.3 Å². The topological polar surface area (TPSA) is 38.7 Å². The first-order valence-electron chi connectivity index (χ1n) is 21.0. The average molecular weight is 778 g/mol. The van der Waals surface area contributed by atoms with Crippen LogP contribution in [0.1, 0.15) is 25.0 Å². The zero-order valence-electron chi connectivity index (χ0n) is 33.9. The molecule has 0 atom stereocenters. The molecule has 0 unspecified atom stereocenters. The highest BCUT2D eigenvalue weighted by atomic mass is 14.8. The average Bonchev–Trinajstić information content (AvgIpc) is 3.56. The van der Waals surface area contributed by atoms with Gasteiger partial charge in [-0.1, -0.05) is 172 Å². The Balaban J connectivity index is 1.05. The van der Waals surface area contributed by atoms with Crippen LogP contribution in [-0.4, -0.2) is 15.0 Å². The highest BCUT2D eigenvalue weighted by molar-refractivity contribution is 6.16. The molecule has 12 rings (SSSR count). The van der Waals surface area contributed by atoms with Crippen LogP contribution < -0.4 is 0 Å². The second-order valence-electron chi connectivity index (χ2n) is 16.7. The minimum Gasteiger partial charge on any atom is -0.247 e. The van der Waals surface area contributed by atoms with E-state index < -0.39 is 0 Å². The van der Waals surface area contributed by atoms with Crippen LogP contribution in [0.15, 0.2) is 200 Å². The van der Waals surface area contributed by atoms with Crippen molar-refractivity contribution in [3.05, 3.63) is 211 Å². The lowest BCUT2D eigenvalue weighted by Crippen LogP contribution is -2.16. The van der Waals surface area contributed by atoms with E-state index in [2.05, 4.69) is 202 Å². The zero-order chi connectivity index (χ0) is 40.7. The van der Waals surface area contributed by atoms with E-state index in [9.17, 15) is 0 Å². The Morgan fingerprint density at radius 3 is 1.74 bits per heavy atom. The van der Waals surface area contributed by atoms with Gasteiger partial charge in [0.05, 0.1) is 33.6 Å². The molecule has 0 bridgehead atoms. The molecule has 0 saturated carbocycles. The van der Waals surface area contributed by atoms with Crippen LogP contribution in [0.25, 0.3) is 111 Å². The summed E-state index contributed by atoms with van der Waals surface area (Å²) in [4.78, 5) is 16.1. The molecule has 11 aromatic rings. The molecule has 0 amide bonds. The second kappa shape index (κ2) is 13.7. The number of hydrogen-bond donors (Lipinski definition) is 0. The van der Waals surface area contributed by atoms with Crippen LogP contribution in [0, 0.1) is 0 Å². The molecule has 0 saturated heterocycles. The molecule has 3 aromatic heterocycles. The van der Waals surface area contributed by atoms with Gasteiger partial charge in [0.2, 0.25) is 0 Å². The summed E-state index contributed by atoms with van der Waals surface area (Å²) >= 11 is 0. The van der Waals surface area contributed by atoms with E-state index in [0.717, 1.165) is 77.8 Å². The molecule has 1 aliphatic carbocycles. The lowest BCUT2D eigenvalue weighted by atomic mass is 9.77. The summed E-state index contributed by atoms with van der Waals surface area (Å²) in [7, 11) is 0. The maximum atomic E-state index is 5.43. The van der Waals surface area contributed by atoms with Gasteiger partial charge < -0.3 is 0 Å². The predicted octanol–water partition coefficient (Wildman–Crippen LogP) is 15.1. The summed E-state index contributed by atoms with van der Waals surface area (Å²) in [5.41, 5.74) is 18.6. The molecule has 61 heavy (non-hydrogen) atoms. The highest BCUT2D eigenvalue weighted by Gasteiger charge is 2.39. The zero-order valence-corrected chi connectivity index (χ0v) is 33.9. The Morgan fingerprint density at radius 2 is 0.967 bits per heavy atom. The number of nitrogens with zero attached hydrogens (tertiary/aromatic N) is 3. The summed E-state index contributed by atoms with van der Waals surface area (Å²) in [6.07, 6.45) is 0. The molecule has 3 heteroatoms. The third-order valence-corrected chi connectivity index (χ3v) is 12.8. The Morgan fingerprint density at radius 1 is 0.377 bits per heavy atom. The Kier molecular flexibility index (Phi) is 7.88. The quantitative estimate of drug-likeness (QED) is 0.163. The molecule has 3 nitrogen and oxygen atoms in total. The molecule has 286 valence electrons. The number of pyridine rings is 3. The van der Waals surface area contributed by atoms with Gasteiger partial charge in [-0.25, -0.2) is 15.0 Å². The van der Waals surface area contributed by atoms with Crippen LogP contribution in [0.3, 0.4) is 0 Å². The van der Waals surface area contributed by atoms with E-state index in [1.807, 2.05) is 12.1 Å². The van der Waals surface area contributed by atoms with Crippen molar-refractivity contribution in [2.75, 3.05) is 0 Å². The van der Waals surface area contributed by atoms with Crippen molar-refractivity contribution in [1.82, 2.24) is 15.0 Å². The molecule has 0 radical (unpaired) electrons. The third kappa shape index (κ3) is 5.62. The first kappa shape index (κ1) is 35.2. The van der Waals surface area contributed by atoms with E-state index in [-0.39, 0.29) is 5.41 Å². The number of fused-ring (bicyclic) bond motifs is 9. The van der Waals surface area contributed by atoms with Gasteiger partial charge in [-0.15, -0.1) is 0 Å². The van der Waals surface area contributed by atoms with Gasteiger partial charge in [0.1, 0.15) is 0 Å². The van der Waals surface area contributed by atoms with Crippen LogP contribution in [-0.2, 0) is 5.41 Å². The summed E-state index contributed by atoms with van der Waals surface area (Å²) in [6, 6.07) is 71.8. The SMILES string of the molecule is CC1(C)c2ccccc2-c2nc3ccc4ccccc4c3c(-c3cccc(-c4cccc(-c5cc6ccc(-c7ccccc7)nc6c6nc(-c7ccccc7)ccc56)c4)c3)c21. The molecule has 8 aromatic carbocycles. The molecule has 0 spiro atoms. The molecule has 0 aliphatic heterocycles. The van der Waals surface area contributed by atoms with Crippen LogP contribution >= 0.6 is 0 Å². The minimum atomic E-state index is -0.239. The highest BCUT2D eigenvalue weighted by Crippen LogP contribution is 2.54. The van der Waals surface area contributed by atoms with Gasteiger partial charge >= 0.3 is 0 Å². The van der Waals surface area contributed by atoms with Crippen molar-refractivity contribution in [3.8, 4) is 67.2 Å². The fourth-order valence-corrected chi connectivity index (χ4v) is 9.86. The van der Waals surface area contributed by atoms with Gasteiger partial charge in [-0.05, 0) is 97.7 Å². The number of hydrogen-bond acceptors (Lipinski definition) is 3. The monoisotopic (exact) mass is 777 g/mol. The maximum Gasteiger partial charge on any atom is 0.0978 e. The van der Waals surface area contributed by atoms with Crippen molar-refractivity contribution in [2.45, 2.75) is 19.3 Å². The van der Waals surface area contributed by atoms with Gasteiger partial charge in [-0.3, -0.25) is 0 Å². The molecular weight excluding hydrogens is 739 g/mol. The predicted molar refractivity (Wildman–Crippen MR) is 255 cm³/mol. The molecule has 3 heterocycles. The van der Waals surface area contributed by atoms with Crippen molar-refractivity contribution >= 4 is 43.5 Å². The van der Waals surface area contributed by atoms with E-state index in [0.29, 0.717) is 0 Å². The molecular formula is C58H39N3. The van der Waals surface area contributed by atoms with E-state index in [1.165, 1.54) is 44.0 Å². The fraction of sp³-hybridized carbons (Fsp3) is 0.0517. The van der Waals surface area contributed by atoms with Crippen molar-refractivity contribution in [3.63, 3.8) is 0 Å². The standard InChI is InChI=1S/C58H39N3/c1-58(2)48-26-12-11-25-46(48)56-54(58)52(53-44-24-10-9-15-36(44)27-31-51(53)61-56)42-23-14-21-40(34-42)39-20-13-22-41(33-39)47-35-43-28-30-49(37-16-5-3-6-17-37)59-55(43)57-45(47)29-32-50(60-57)38-18-7-4-8-19-38/h3-35H,1-2H3. The van der Waals surface area contributed by atoms with Crippen LogP contribution in [0.2, 0.25) is 0 Å². The summed E-state index contributed by atoms with van der Waals surface area (Å²) < 4.78 is 0. The Bertz CT molecular complexity index is 3550. The Hall–Kier alpha value is -7.75. The summed E-state index contributed by atoms with van der Waals surface area (Å²) in [5, 5.41) is 5.78. The Labute approximate surface area is 354 Å². The van der Waals surface area contributed by atoms with Crippen molar-refractivity contribution < 1.29 is 0 Å². The second-order valence-corrected chi connectivity index (χ2v) is 16.7. The molecule has 0 N–H and O–H groups in total. The van der Waals surface area contributed by atoms with Gasteiger partial charge in [0.25, 0.3) is 0 Å². The van der Waals surface area contributed by atoms with E-state index in [1.54, 1.807) is 0 Å². The van der Waals surface area contributed by atoms with Gasteiger partial charge in [-0.2, -0.15) is 0 Å². The number of benzene rings is 8. The first-order valence-corrected chi connectivity index (χ1v) is 21.0. The maximum absolute atomic E-state index is 5.43. The van der Waals surface area contributed by atoms with Crippen molar-refractivity contribution in [2.24, 2.45) is 0 Å². The molecule has 0 fully saturated rings. The summed E-state index contributed by atoms with van der Waals surface area (Å²) in [5.74, 6) is 0. The van der Waals surface area contributed by atoms with E-state index in [4.69, 9.17) is 15.0 Å². The lowest BCUT2D eigenvalue weighted by molar-refractivity contribution is 0.662. The van der Waals surface area contributed by atoms with Crippen LogP contribution in [0.5, 0.6) is 0 Å². The lowest BCUT2D eigenvalue weighted by Gasteiger charge is -2.26. The van der Waals surface area contributed by atoms with Gasteiger partial charge in [0.15, 0.2) is 0 Å². The number of rotatable bonds is 5. The number of aromatic nitrogens is 3.